The van der Waals surface area contributed by atoms with Crippen molar-refractivity contribution in [2.45, 2.75) is 19.4 Å². The van der Waals surface area contributed by atoms with Crippen molar-refractivity contribution in [3.8, 4) is 0 Å². The first-order valence-electron chi connectivity index (χ1n) is 5.51. The number of rotatable bonds is 4. The number of likely N-dealkylation sites (tertiary alicyclic amines) is 1. The van der Waals surface area contributed by atoms with Crippen LogP contribution in [-0.4, -0.2) is 41.7 Å². The minimum absolute atomic E-state index is 0.722. The van der Waals surface area contributed by atoms with E-state index >= 15 is 0 Å². The van der Waals surface area contributed by atoms with Crippen LogP contribution in [0.4, 0.5) is 0 Å². The first kappa shape index (κ1) is 10.6. The van der Waals surface area contributed by atoms with Gasteiger partial charge in [0.25, 0.3) is 0 Å². The molecule has 1 N–H and O–H groups in total. The van der Waals surface area contributed by atoms with Crippen LogP contribution >= 0.6 is 0 Å². The Balaban J connectivity index is 1.82. The standard InChI is InChI=1S/C10H18N4O/c1-11-5-9-3-2-4-14(6-9)7-10-12-8-13-15-10/h8-9,11H,2-7H2,1H3. The summed E-state index contributed by atoms with van der Waals surface area (Å²) in [5.74, 6) is 1.48. The number of piperidine rings is 1. The van der Waals surface area contributed by atoms with E-state index < -0.39 is 0 Å². The highest BCUT2D eigenvalue weighted by atomic mass is 16.5. The number of hydrogen-bond acceptors (Lipinski definition) is 5. The predicted molar refractivity (Wildman–Crippen MR) is 56.2 cm³/mol. The van der Waals surface area contributed by atoms with Crippen molar-refractivity contribution < 1.29 is 4.52 Å². The second kappa shape index (κ2) is 5.23. The highest BCUT2D eigenvalue weighted by Crippen LogP contribution is 2.17. The van der Waals surface area contributed by atoms with Gasteiger partial charge in [0, 0.05) is 6.54 Å². The highest BCUT2D eigenvalue weighted by Gasteiger charge is 2.20. The van der Waals surface area contributed by atoms with E-state index in [4.69, 9.17) is 4.52 Å². The molecule has 0 aromatic carbocycles. The van der Waals surface area contributed by atoms with Crippen molar-refractivity contribution in [1.29, 1.82) is 0 Å². The molecule has 1 unspecified atom stereocenters. The number of nitrogens with one attached hydrogen (secondary N) is 1. The number of hydrogen-bond donors (Lipinski definition) is 1. The fourth-order valence-corrected chi connectivity index (χ4v) is 2.21. The van der Waals surface area contributed by atoms with Gasteiger partial charge >= 0.3 is 0 Å². The van der Waals surface area contributed by atoms with Gasteiger partial charge in [0.1, 0.15) is 0 Å². The van der Waals surface area contributed by atoms with Crippen LogP contribution in [0.2, 0.25) is 0 Å². The Kier molecular flexibility index (Phi) is 3.69. The van der Waals surface area contributed by atoms with Crippen LogP contribution in [0.25, 0.3) is 0 Å². The molecule has 15 heavy (non-hydrogen) atoms. The zero-order chi connectivity index (χ0) is 10.5. The molecule has 1 atom stereocenters. The fraction of sp³-hybridized carbons (Fsp3) is 0.800. The minimum Gasteiger partial charge on any atom is -0.338 e. The smallest absolute Gasteiger partial charge is 0.240 e. The summed E-state index contributed by atoms with van der Waals surface area (Å²) in [6.07, 6.45) is 4.05. The zero-order valence-electron chi connectivity index (χ0n) is 9.15. The zero-order valence-corrected chi connectivity index (χ0v) is 9.15. The molecule has 1 saturated heterocycles. The molecule has 84 valence electrons. The van der Waals surface area contributed by atoms with Gasteiger partial charge in [-0.2, -0.15) is 4.98 Å². The van der Waals surface area contributed by atoms with Gasteiger partial charge in [0.15, 0.2) is 6.33 Å². The lowest BCUT2D eigenvalue weighted by atomic mass is 9.98. The molecule has 0 aliphatic carbocycles. The lowest BCUT2D eigenvalue weighted by Crippen LogP contribution is -2.38. The Morgan fingerprint density at radius 3 is 3.33 bits per heavy atom. The normalized spacial score (nSPS) is 23.1. The van der Waals surface area contributed by atoms with E-state index in [0.717, 1.165) is 38.0 Å². The first-order valence-corrected chi connectivity index (χ1v) is 5.51. The fourth-order valence-electron chi connectivity index (χ4n) is 2.21. The van der Waals surface area contributed by atoms with Crippen molar-refractivity contribution in [1.82, 2.24) is 20.4 Å². The first-order chi connectivity index (χ1) is 7.38. The summed E-state index contributed by atoms with van der Waals surface area (Å²) >= 11 is 0. The Bertz CT molecular complexity index is 273. The molecule has 1 aliphatic heterocycles. The third-order valence-corrected chi connectivity index (χ3v) is 2.86. The summed E-state index contributed by atoms with van der Waals surface area (Å²) in [5.41, 5.74) is 0. The largest absolute Gasteiger partial charge is 0.338 e. The van der Waals surface area contributed by atoms with Gasteiger partial charge in [-0.05, 0) is 38.9 Å². The van der Waals surface area contributed by atoms with Gasteiger partial charge in [-0.15, -0.1) is 0 Å². The lowest BCUT2D eigenvalue weighted by Gasteiger charge is -2.31. The van der Waals surface area contributed by atoms with Crippen molar-refractivity contribution in [3.63, 3.8) is 0 Å². The molecule has 1 aliphatic rings. The van der Waals surface area contributed by atoms with Crippen LogP contribution in [0.15, 0.2) is 10.9 Å². The SMILES string of the molecule is CNCC1CCCN(Cc2ncno2)C1. The van der Waals surface area contributed by atoms with Gasteiger partial charge in [-0.3, -0.25) is 4.90 Å². The average Bonchev–Trinajstić information content (AvgIpc) is 2.71. The van der Waals surface area contributed by atoms with Gasteiger partial charge in [0.2, 0.25) is 5.89 Å². The summed E-state index contributed by atoms with van der Waals surface area (Å²) in [6, 6.07) is 0. The molecule has 2 rings (SSSR count). The van der Waals surface area contributed by atoms with Gasteiger partial charge in [-0.25, -0.2) is 0 Å². The van der Waals surface area contributed by atoms with Crippen LogP contribution in [0.1, 0.15) is 18.7 Å². The molecule has 1 aromatic heterocycles. The van der Waals surface area contributed by atoms with E-state index in [9.17, 15) is 0 Å². The van der Waals surface area contributed by atoms with Crippen LogP contribution in [0.5, 0.6) is 0 Å². The van der Waals surface area contributed by atoms with E-state index in [2.05, 4.69) is 20.4 Å². The van der Waals surface area contributed by atoms with E-state index in [-0.39, 0.29) is 0 Å². The molecule has 5 heteroatoms. The molecule has 0 spiro atoms. The van der Waals surface area contributed by atoms with Crippen molar-refractivity contribution in [3.05, 3.63) is 12.2 Å². The molecule has 5 nitrogen and oxygen atoms in total. The van der Waals surface area contributed by atoms with E-state index in [1.807, 2.05) is 7.05 Å². The summed E-state index contributed by atoms with van der Waals surface area (Å²) in [6.45, 7) is 4.16. The van der Waals surface area contributed by atoms with Crippen LogP contribution in [-0.2, 0) is 6.54 Å². The van der Waals surface area contributed by atoms with Crippen LogP contribution in [0, 0.1) is 5.92 Å². The molecule has 0 amide bonds. The van der Waals surface area contributed by atoms with Crippen molar-refractivity contribution in [2.75, 3.05) is 26.7 Å². The maximum Gasteiger partial charge on any atom is 0.240 e. The second-order valence-electron chi connectivity index (χ2n) is 4.14. The maximum absolute atomic E-state index is 5.01. The molecule has 0 bridgehead atoms. The molecular weight excluding hydrogens is 192 g/mol. The molecular formula is C10H18N4O. The van der Waals surface area contributed by atoms with E-state index in [1.165, 1.54) is 19.2 Å². The molecule has 1 aromatic rings. The topological polar surface area (TPSA) is 54.2 Å². The maximum atomic E-state index is 5.01. The third kappa shape index (κ3) is 3.00. The van der Waals surface area contributed by atoms with Crippen LogP contribution < -0.4 is 5.32 Å². The Labute approximate surface area is 89.8 Å². The Morgan fingerprint density at radius 2 is 2.60 bits per heavy atom. The van der Waals surface area contributed by atoms with Crippen molar-refractivity contribution in [2.24, 2.45) is 5.92 Å². The summed E-state index contributed by atoms with van der Waals surface area (Å²) < 4.78 is 5.01. The molecule has 1 fully saturated rings. The summed E-state index contributed by atoms with van der Waals surface area (Å²) in [7, 11) is 2.01. The molecule has 0 radical (unpaired) electrons. The van der Waals surface area contributed by atoms with Crippen LogP contribution in [0.3, 0.4) is 0 Å². The summed E-state index contributed by atoms with van der Waals surface area (Å²) in [4.78, 5) is 6.43. The van der Waals surface area contributed by atoms with E-state index in [1.54, 1.807) is 0 Å². The van der Waals surface area contributed by atoms with Crippen molar-refractivity contribution >= 4 is 0 Å². The van der Waals surface area contributed by atoms with Gasteiger partial charge < -0.3 is 9.84 Å². The monoisotopic (exact) mass is 210 g/mol. The van der Waals surface area contributed by atoms with Gasteiger partial charge in [0.05, 0.1) is 6.54 Å². The quantitative estimate of drug-likeness (QED) is 0.784. The second-order valence-corrected chi connectivity index (χ2v) is 4.14. The average molecular weight is 210 g/mol. The molecule has 2 heterocycles. The Morgan fingerprint density at radius 1 is 1.67 bits per heavy atom. The predicted octanol–water partition coefficient (Wildman–Crippen LogP) is 0.501. The molecule has 0 saturated carbocycles. The van der Waals surface area contributed by atoms with Gasteiger partial charge in [-0.1, -0.05) is 5.16 Å². The third-order valence-electron chi connectivity index (χ3n) is 2.86. The number of aromatic nitrogens is 2. The highest BCUT2D eigenvalue weighted by molar-refractivity contribution is 4.79. The number of nitrogens with zero attached hydrogens (tertiary/aromatic N) is 3. The van der Waals surface area contributed by atoms with E-state index in [0.29, 0.717) is 0 Å². The summed E-state index contributed by atoms with van der Waals surface area (Å²) in [5, 5.41) is 6.86. The Hall–Kier alpha value is -0.940. The lowest BCUT2D eigenvalue weighted by molar-refractivity contribution is 0.149. The minimum atomic E-state index is 0.722.